The summed E-state index contributed by atoms with van der Waals surface area (Å²) in [6.07, 6.45) is 6.63. The first-order chi connectivity index (χ1) is 17.4. The second-order valence-electron chi connectivity index (χ2n) is 10.4. The van der Waals surface area contributed by atoms with Crippen LogP contribution >= 0.6 is 0 Å². The van der Waals surface area contributed by atoms with Gasteiger partial charge in [-0.05, 0) is 55.8 Å². The van der Waals surface area contributed by atoms with Crippen LogP contribution in [0.3, 0.4) is 0 Å². The Hall–Kier alpha value is -2.32. The van der Waals surface area contributed by atoms with Crippen molar-refractivity contribution in [3.05, 3.63) is 23.8 Å². The van der Waals surface area contributed by atoms with Crippen molar-refractivity contribution in [2.45, 2.75) is 77.7 Å². The molecule has 2 heterocycles. The Bertz CT molecular complexity index is 864. The predicted molar refractivity (Wildman–Crippen MR) is 140 cm³/mol. The maximum Gasteiger partial charge on any atom is 0.308 e. The first kappa shape index (κ1) is 28.3. The SMILES string of the molecule is CCCCN(CCCCN)C(=O)CN1CC(c2ccc3c(c2)OCO3)C(C(=O)O)C1CC(C)CCC. The summed E-state index contributed by atoms with van der Waals surface area (Å²) in [5.41, 5.74) is 6.61. The fourth-order valence-electron chi connectivity index (χ4n) is 5.72. The summed E-state index contributed by atoms with van der Waals surface area (Å²) in [7, 11) is 0. The van der Waals surface area contributed by atoms with Crippen LogP contribution in [0, 0.1) is 11.8 Å². The number of likely N-dealkylation sites (tertiary alicyclic amines) is 1. The number of carboxylic acids is 1. The zero-order chi connectivity index (χ0) is 26.1. The van der Waals surface area contributed by atoms with E-state index in [-0.39, 0.29) is 31.2 Å². The van der Waals surface area contributed by atoms with Gasteiger partial charge in [0.25, 0.3) is 0 Å². The number of carbonyl (C=O) groups is 2. The van der Waals surface area contributed by atoms with Crippen molar-refractivity contribution in [2.24, 2.45) is 17.6 Å². The number of nitrogens with zero attached hydrogens (tertiary/aromatic N) is 2. The predicted octanol–water partition coefficient (Wildman–Crippen LogP) is 4.08. The fraction of sp³-hybridized carbons (Fsp3) is 0.714. The number of nitrogens with two attached hydrogens (primary N) is 1. The topological polar surface area (TPSA) is 105 Å². The lowest BCUT2D eigenvalue weighted by Crippen LogP contribution is -2.45. The summed E-state index contributed by atoms with van der Waals surface area (Å²) in [4.78, 5) is 30.3. The van der Waals surface area contributed by atoms with Crippen molar-refractivity contribution < 1.29 is 24.2 Å². The van der Waals surface area contributed by atoms with Gasteiger partial charge in [0.1, 0.15) is 0 Å². The monoisotopic (exact) mass is 503 g/mol. The highest BCUT2D eigenvalue weighted by molar-refractivity contribution is 5.79. The van der Waals surface area contributed by atoms with Gasteiger partial charge in [0.05, 0.1) is 12.5 Å². The molecule has 0 spiro atoms. The van der Waals surface area contributed by atoms with Gasteiger partial charge in [-0.15, -0.1) is 0 Å². The minimum atomic E-state index is -0.799. The van der Waals surface area contributed by atoms with E-state index in [0.717, 1.165) is 57.1 Å². The van der Waals surface area contributed by atoms with E-state index in [9.17, 15) is 14.7 Å². The van der Waals surface area contributed by atoms with Gasteiger partial charge in [-0.25, -0.2) is 0 Å². The second-order valence-corrected chi connectivity index (χ2v) is 10.4. The number of fused-ring (bicyclic) bond motifs is 1. The third-order valence-corrected chi connectivity index (χ3v) is 7.64. The average molecular weight is 504 g/mol. The van der Waals surface area contributed by atoms with Gasteiger partial charge >= 0.3 is 5.97 Å². The molecule has 202 valence electrons. The van der Waals surface area contributed by atoms with Crippen LogP contribution in [0.1, 0.15) is 77.2 Å². The van der Waals surface area contributed by atoms with Crippen LogP contribution in [-0.4, -0.2) is 72.3 Å². The summed E-state index contributed by atoms with van der Waals surface area (Å²) in [5.74, 6) is 0.219. The molecule has 36 heavy (non-hydrogen) atoms. The Labute approximate surface area is 216 Å². The van der Waals surface area contributed by atoms with E-state index in [4.69, 9.17) is 15.2 Å². The Morgan fingerprint density at radius 1 is 1.14 bits per heavy atom. The Morgan fingerprint density at radius 3 is 2.58 bits per heavy atom. The average Bonchev–Trinajstić information content (AvgIpc) is 3.45. The van der Waals surface area contributed by atoms with E-state index < -0.39 is 11.9 Å². The second kappa shape index (κ2) is 13.8. The molecule has 0 radical (unpaired) electrons. The largest absolute Gasteiger partial charge is 0.481 e. The van der Waals surface area contributed by atoms with Gasteiger partial charge in [0.2, 0.25) is 12.7 Å². The molecule has 0 aromatic heterocycles. The number of hydrogen-bond acceptors (Lipinski definition) is 6. The Balaban J connectivity index is 1.85. The molecule has 1 aromatic carbocycles. The molecule has 1 fully saturated rings. The van der Waals surface area contributed by atoms with E-state index in [0.29, 0.717) is 37.1 Å². The molecule has 0 saturated carbocycles. The molecule has 4 unspecified atom stereocenters. The molecule has 4 atom stereocenters. The van der Waals surface area contributed by atoms with E-state index >= 15 is 0 Å². The van der Waals surface area contributed by atoms with Crippen LogP contribution in [0.4, 0.5) is 0 Å². The van der Waals surface area contributed by atoms with Crippen molar-refractivity contribution >= 4 is 11.9 Å². The third-order valence-electron chi connectivity index (χ3n) is 7.64. The zero-order valence-electron chi connectivity index (χ0n) is 22.3. The molecule has 1 amide bonds. The van der Waals surface area contributed by atoms with Crippen LogP contribution < -0.4 is 15.2 Å². The number of aliphatic carboxylic acids is 1. The van der Waals surface area contributed by atoms with Crippen LogP contribution in [0.2, 0.25) is 0 Å². The smallest absolute Gasteiger partial charge is 0.308 e. The lowest BCUT2D eigenvalue weighted by Gasteiger charge is -2.31. The highest BCUT2D eigenvalue weighted by atomic mass is 16.7. The molecule has 2 aliphatic rings. The quantitative estimate of drug-likeness (QED) is 0.348. The molecule has 1 saturated heterocycles. The van der Waals surface area contributed by atoms with Crippen LogP contribution in [0.25, 0.3) is 0 Å². The Morgan fingerprint density at radius 2 is 1.89 bits per heavy atom. The highest BCUT2D eigenvalue weighted by Crippen LogP contribution is 2.43. The number of hydrogen-bond donors (Lipinski definition) is 2. The molecular weight excluding hydrogens is 458 g/mol. The van der Waals surface area contributed by atoms with Crippen LogP contribution in [0.15, 0.2) is 18.2 Å². The lowest BCUT2D eigenvalue weighted by atomic mass is 9.81. The van der Waals surface area contributed by atoms with Gasteiger partial charge in [0, 0.05) is 31.6 Å². The minimum Gasteiger partial charge on any atom is -0.481 e. The molecule has 2 aliphatic heterocycles. The first-order valence-electron chi connectivity index (χ1n) is 13.7. The van der Waals surface area contributed by atoms with E-state index in [1.165, 1.54) is 0 Å². The van der Waals surface area contributed by atoms with Crippen molar-refractivity contribution in [3.63, 3.8) is 0 Å². The van der Waals surface area contributed by atoms with Gasteiger partial charge in [-0.2, -0.15) is 0 Å². The van der Waals surface area contributed by atoms with Crippen LogP contribution in [0.5, 0.6) is 11.5 Å². The lowest BCUT2D eigenvalue weighted by molar-refractivity contribution is -0.144. The van der Waals surface area contributed by atoms with E-state index in [2.05, 4.69) is 25.7 Å². The summed E-state index contributed by atoms with van der Waals surface area (Å²) >= 11 is 0. The molecule has 8 nitrogen and oxygen atoms in total. The van der Waals surface area contributed by atoms with Crippen molar-refractivity contribution in [1.82, 2.24) is 9.80 Å². The van der Waals surface area contributed by atoms with Gasteiger partial charge < -0.3 is 25.2 Å². The standard InChI is InChI=1S/C28H45N3O5/c1-4-6-13-30(14-8-7-12-29)26(32)18-31-17-22(21-10-11-24-25(16-21)36-19-35-24)27(28(33)34)23(31)15-20(3)9-5-2/h10-11,16,20,22-23,27H,4-9,12-15,17-19,29H2,1-3H3,(H,33,34). The van der Waals surface area contributed by atoms with Crippen molar-refractivity contribution in [1.29, 1.82) is 0 Å². The maximum absolute atomic E-state index is 13.5. The first-order valence-corrected chi connectivity index (χ1v) is 13.7. The minimum absolute atomic E-state index is 0.0871. The maximum atomic E-state index is 13.5. The molecular formula is C28H45N3O5. The fourth-order valence-corrected chi connectivity index (χ4v) is 5.72. The summed E-state index contributed by atoms with van der Waals surface area (Å²) in [6.45, 7) is 9.50. The molecule has 8 heteroatoms. The Kier molecular flexibility index (Phi) is 10.9. The number of carbonyl (C=O) groups excluding carboxylic acids is 1. The number of ether oxygens (including phenoxy) is 2. The number of carboxylic acid groups (broad SMARTS) is 1. The normalized spacial score (nSPS) is 22.1. The summed E-state index contributed by atoms with van der Waals surface area (Å²) in [5, 5.41) is 10.4. The van der Waals surface area contributed by atoms with E-state index in [1.807, 2.05) is 23.1 Å². The zero-order valence-corrected chi connectivity index (χ0v) is 22.3. The molecule has 0 bridgehead atoms. The van der Waals surface area contributed by atoms with E-state index in [1.54, 1.807) is 0 Å². The summed E-state index contributed by atoms with van der Waals surface area (Å²) in [6, 6.07) is 5.54. The summed E-state index contributed by atoms with van der Waals surface area (Å²) < 4.78 is 11.0. The third kappa shape index (κ3) is 7.13. The van der Waals surface area contributed by atoms with Gasteiger partial charge in [0.15, 0.2) is 11.5 Å². The number of unbranched alkanes of at least 4 members (excludes halogenated alkanes) is 2. The van der Waals surface area contributed by atoms with Crippen molar-refractivity contribution in [2.75, 3.05) is 39.5 Å². The number of benzene rings is 1. The van der Waals surface area contributed by atoms with Crippen LogP contribution in [-0.2, 0) is 9.59 Å². The molecule has 1 aromatic rings. The van der Waals surface area contributed by atoms with Gasteiger partial charge in [-0.3, -0.25) is 14.5 Å². The molecule has 3 N–H and O–H groups in total. The molecule has 0 aliphatic carbocycles. The van der Waals surface area contributed by atoms with Gasteiger partial charge in [-0.1, -0.05) is 46.1 Å². The number of amides is 1. The number of rotatable bonds is 15. The molecule has 3 rings (SSSR count). The highest BCUT2D eigenvalue weighted by Gasteiger charge is 2.47. The van der Waals surface area contributed by atoms with Crippen molar-refractivity contribution in [3.8, 4) is 11.5 Å².